The molecule has 78 valence electrons. The van der Waals surface area contributed by atoms with Crippen LogP contribution in [0.5, 0.6) is 0 Å². The first-order chi connectivity index (χ1) is 7.25. The van der Waals surface area contributed by atoms with Crippen molar-refractivity contribution in [2.75, 3.05) is 5.32 Å². The first kappa shape index (κ1) is 9.38. The average molecular weight is 207 g/mol. The molecule has 0 aliphatic carbocycles. The number of anilines is 1. The van der Waals surface area contributed by atoms with Gasteiger partial charge in [0.1, 0.15) is 0 Å². The SMILES string of the molecule is Cc1noc(CNc2ncc[nH]c2=O)n1. The lowest BCUT2D eigenvalue weighted by molar-refractivity contribution is 0.379. The monoisotopic (exact) mass is 207 g/mol. The van der Waals surface area contributed by atoms with Crippen LogP contribution in [0.15, 0.2) is 21.7 Å². The van der Waals surface area contributed by atoms with E-state index in [4.69, 9.17) is 4.52 Å². The number of H-pyrrole nitrogens is 1. The maximum atomic E-state index is 11.2. The van der Waals surface area contributed by atoms with Gasteiger partial charge in [0, 0.05) is 12.4 Å². The first-order valence-corrected chi connectivity index (χ1v) is 4.32. The lowest BCUT2D eigenvalue weighted by atomic mass is 10.5. The molecule has 0 saturated heterocycles. The largest absolute Gasteiger partial charge is 0.356 e. The standard InChI is InChI=1S/C8H9N5O2/c1-5-12-6(15-13-5)4-11-7-8(14)10-3-2-9-7/h2-3H,4H2,1H3,(H,9,11)(H,10,14). The zero-order valence-corrected chi connectivity index (χ0v) is 8.02. The van der Waals surface area contributed by atoms with Gasteiger partial charge in [-0.2, -0.15) is 4.98 Å². The molecule has 0 spiro atoms. The topological polar surface area (TPSA) is 96.7 Å². The van der Waals surface area contributed by atoms with Crippen molar-refractivity contribution in [2.45, 2.75) is 13.5 Å². The maximum Gasteiger partial charge on any atom is 0.290 e. The Bertz CT molecular complexity index is 503. The summed E-state index contributed by atoms with van der Waals surface area (Å²) >= 11 is 0. The Labute approximate surface area is 84.6 Å². The fraction of sp³-hybridized carbons (Fsp3) is 0.250. The zero-order valence-electron chi connectivity index (χ0n) is 8.02. The van der Waals surface area contributed by atoms with Gasteiger partial charge < -0.3 is 14.8 Å². The Morgan fingerprint density at radius 3 is 3.13 bits per heavy atom. The highest BCUT2D eigenvalue weighted by Gasteiger charge is 2.04. The van der Waals surface area contributed by atoms with Gasteiger partial charge in [0.15, 0.2) is 11.6 Å². The van der Waals surface area contributed by atoms with E-state index in [-0.39, 0.29) is 17.9 Å². The van der Waals surface area contributed by atoms with Crippen molar-refractivity contribution in [3.05, 3.63) is 34.5 Å². The molecular weight excluding hydrogens is 198 g/mol. The fourth-order valence-corrected chi connectivity index (χ4v) is 1.05. The second kappa shape index (κ2) is 3.91. The molecule has 0 amide bonds. The van der Waals surface area contributed by atoms with Crippen LogP contribution in [0.3, 0.4) is 0 Å². The summed E-state index contributed by atoms with van der Waals surface area (Å²) in [6.45, 7) is 2.00. The van der Waals surface area contributed by atoms with Crippen molar-refractivity contribution in [1.82, 2.24) is 20.1 Å². The van der Waals surface area contributed by atoms with E-state index in [1.807, 2.05) is 0 Å². The van der Waals surface area contributed by atoms with Gasteiger partial charge in [0.2, 0.25) is 5.89 Å². The van der Waals surface area contributed by atoms with Crippen molar-refractivity contribution in [2.24, 2.45) is 0 Å². The van der Waals surface area contributed by atoms with Crippen LogP contribution in [-0.4, -0.2) is 20.1 Å². The summed E-state index contributed by atoms with van der Waals surface area (Å²) in [6, 6.07) is 0. The molecule has 7 nitrogen and oxygen atoms in total. The van der Waals surface area contributed by atoms with E-state index in [9.17, 15) is 4.79 Å². The van der Waals surface area contributed by atoms with Gasteiger partial charge in [0.25, 0.3) is 5.56 Å². The zero-order chi connectivity index (χ0) is 10.7. The van der Waals surface area contributed by atoms with Gasteiger partial charge in [-0.1, -0.05) is 5.16 Å². The summed E-state index contributed by atoms with van der Waals surface area (Å²) < 4.78 is 4.86. The summed E-state index contributed by atoms with van der Waals surface area (Å²) in [5.41, 5.74) is -0.284. The molecule has 0 unspecified atom stereocenters. The highest BCUT2D eigenvalue weighted by molar-refractivity contribution is 5.29. The van der Waals surface area contributed by atoms with Gasteiger partial charge in [-0.05, 0) is 6.92 Å². The quantitative estimate of drug-likeness (QED) is 0.739. The number of nitrogens with one attached hydrogen (secondary N) is 2. The Kier molecular flexibility index (Phi) is 2.44. The van der Waals surface area contributed by atoms with Gasteiger partial charge in [-0.25, -0.2) is 4.98 Å². The summed E-state index contributed by atoms with van der Waals surface area (Å²) in [6.07, 6.45) is 2.95. The molecule has 0 fully saturated rings. The molecule has 2 rings (SSSR count). The third kappa shape index (κ3) is 2.19. The average Bonchev–Trinajstić information content (AvgIpc) is 2.63. The number of aromatic nitrogens is 4. The molecule has 0 aliphatic rings. The molecule has 0 atom stereocenters. The number of hydrogen-bond donors (Lipinski definition) is 2. The van der Waals surface area contributed by atoms with Crippen LogP contribution in [0.2, 0.25) is 0 Å². The van der Waals surface area contributed by atoms with Crippen LogP contribution in [0, 0.1) is 6.92 Å². The Morgan fingerprint density at radius 1 is 1.60 bits per heavy atom. The van der Waals surface area contributed by atoms with Crippen LogP contribution in [-0.2, 0) is 6.54 Å². The van der Waals surface area contributed by atoms with Gasteiger partial charge in [-0.3, -0.25) is 4.79 Å². The van der Waals surface area contributed by atoms with Gasteiger partial charge in [-0.15, -0.1) is 0 Å². The van der Waals surface area contributed by atoms with Gasteiger partial charge >= 0.3 is 0 Å². The molecule has 0 aromatic carbocycles. The molecule has 2 aromatic heterocycles. The van der Waals surface area contributed by atoms with Gasteiger partial charge in [0.05, 0.1) is 6.54 Å². The summed E-state index contributed by atoms with van der Waals surface area (Å²) in [4.78, 5) is 21.5. The summed E-state index contributed by atoms with van der Waals surface area (Å²) in [7, 11) is 0. The minimum atomic E-state index is -0.284. The lowest BCUT2D eigenvalue weighted by Gasteiger charge is -1.98. The minimum Gasteiger partial charge on any atom is -0.356 e. The fourth-order valence-electron chi connectivity index (χ4n) is 1.05. The van der Waals surface area contributed by atoms with Crippen LogP contribution < -0.4 is 10.9 Å². The van der Waals surface area contributed by atoms with Crippen molar-refractivity contribution < 1.29 is 4.52 Å². The molecule has 0 saturated carbocycles. The Hall–Kier alpha value is -2.18. The van der Waals surface area contributed by atoms with Crippen molar-refractivity contribution in [3.63, 3.8) is 0 Å². The van der Waals surface area contributed by atoms with Crippen molar-refractivity contribution in [1.29, 1.82) is 0 Å². The van der Waals surface area contributed by atoms with E-state index in [2.05, 4.69) is 25.4 Å². The normalized spacial score (nSPS) is 10.2. The molecule has 2 N–H and O–H groups in total. The predicted molar refractivity (Wildman–Crippen MR) is 51.2 cm³/mol. The highest BCUT2D eigenvalue weighted by atomic mass is 16.5. The Morgan fingerprint density at radius 2 is 2.47 bits per heavy atom. The predicted octanol–water partition coefficient (Wildman–Crippen LogP) is 0.0734. The van der Waals surface area contributed by atoms with Crippen LogP contribution >= 0.6 is 0 Å². The summed E-state index contributed by atoms with van der Waals surface area (Å²) in [5, 5.41) is 6.41. The van der Waals surface area contributed by atoms with E-state index in [0.29, 0.717) is 11.7 Å². The minimum absolute atomic E-state index is 0.230. The highest BCUT2D eigenvalue weighted by Crippen LogP contribution is 1.98. The molecule has 7 heteroatoms. The van der Waals surface area contributed by atoms with E-state index in [1.54, 1.807) is 6.92 Å². The molecule has 2 heterocycles. The number of hydrogen-bond acceptors (Lipinski definition) is 6. The van der Waals surface area contributed by atoms with Crippen LogP contribution in [0.25, 0.3) is 0 Å². The number of rotatable bonds is 3. The van der Waals surface area contributed by atoms with E-state index >= 15 is 0 Å². The third-order valence-corrected chi connectivity index (χ3v) is 1.68. The molecular formula is C8H9N5O2. The van der Waals surface area contributed by atoms with Crippen LogP contribution in [0.1, 0.15) is 11.7 Å². The second-order valence-electron chi connectivity index (χ2n) is 2.86. The number of nitrogens with zero attached hydrogens (tertiary/aromatic N) is 3. The van der Waals surface area contributed by atoms with Crippen LogP contribution in [0.4, 0.5) is 5.82 Å². The molecule has 0 radical (unpaired) electrons. The molecule has 15 heavy (non-hydrogen) atoms. The van der Waals surface area contributed by atoms with E-state index < -0.39 is 0 Å². The smallest absolute Gasteiger partial charge is 0.290 e. The molecule has 0 bridgehead atoms. The lowest BCUT2D eigenvalue weighted by Crippen LogP contribution is -2.15. The molecule has 2 aromatic rings. The first-order valence-electron chi connectivity index (χ1n) is 4.32. The third-order valence-electron chi connectivity index (χ3n) is 1.68. The molecule has 0 aliphatic heterocycles. The number of aromatic amines is 1. The summed E-state index contributed by atoms with van der Waals surface area (Å²) in [5.74, 6) is 1.20. The van der Waals surface area contributed by atoms with Crippen molar-refractivity contribution >= 4 is 5.82 Å². The maximum absolute atomic E-state index is 11.2. The Balaban J connectivity index is 2.05. The van der Waals surface area contributed by atoms with Crippen molar-refractivity contribution in [3.8, 4) is 0 Å². The van der Waals surface area contributed by atoms with E-state index in [1.165, 1.54) is 12.4 Å². The number of aryl methyl sites for hydroxylation is 1. The van der Waals surface area contributed by atoms with E-state index in [0.717, 1.165) is 0 Å². The second-order valence-corrected chi connectivity index (χ2v) is 2.86.